The normalized spacial score (nSPS) is 27.9. The predicted molar refractivity (Wildman–Crippen MR) is 80.4 cm³/mol. The Morgan fingerprint density at radius 3 is 2.68 bits per heavy atom. The van der Waals surface area contributed by atoms with Crippen molar-refractivity contribution in [3.63, 3.8) is 0 Å². The van der Waals surface area contributed by atoms with E-state index in [4.69, 9.17) is 10.5 Å². The predicted octanol–water partition coefficient (Wildman–Crippen LogP) is 1.84. The fourth-order valence-corrected chi connectivity index (χ4v) is 3.39. The summed E-state index contributed by atoms with van der Waals surface area (Å²) in [4.78, 5) is 6.93. The number of ether oxygens (including phenoxy) is 1. The zero-order valence-corrected chi connectivity index (χ0v) is 13.1. The van der Waals surface area contributed by atoms with Gasteiger partial charge in [-0.1, -0.05) is 15.9 Å². The summed E-state index contributed by atoms with van der Waals surface area (Å²) < 4.78 is 6.58. The first-order chi connectivity index (χ1) is 8.78. The molecule has 2 N–H and O–H groups in total. The Morgan fingerprint density at radius 2 is 2.11 bits per heavy atom. The van der Waals surface area contributed by atoms with E-state index in [1.54, 1.807) is 0 Å². The van der Waals surface area contributed by atoms with Crippen LogP contribution in [0.3, 0.4) is 0 Å². The molecule has 2 saturated heterocycles. The molecule has 1 aromatic rings. The van der Waals surface area contributed by atoms with Crippen LogP contribution in [0, 0.1) is 11.8 Å². The lowest BCUT2D eigenvalue weighted by Crippen LogP contribution is -2.33. The lowest BCUT2D eigenvalue weighted by atomic mass is 10.0. The summed E-state index contributed by atoms with van der Waals surface area (Å²) in [7, 11) is 0. The highest BCUT2D eigenvalue weighted by atomic mass is 79.9. The molecule has 19 heavy (non-hydrogen) atoms. The number of hydrogen-bond donors (Lipinski definition) is 1. The summed E-state index contributed by atoms with van der Waals surface area (Å²) >= 11 is 3.50. The van der Waals surface area contributed by atoms with Crippen molar-refractivity contribution in [2.45, 2.75) is 6.04 Å². The smallest absolute Gasteiger partial charge is 0.0645 e. The lowest BCUT2D eigenvalue weighted by Gasteiger charge is -2.27. The van der Waals surface area contributed by atoms with Crippen LogP contribution in [0.15, 0.2) is 22.8 Å². The van der Waals surface area contributed by atoms with E-state index in [1.165, 1.54) is 0 Å². The largest absolute Gasteiger partial charge is 0.381 e. The average molecular weight is 349 g/mol. The van der Waals surface area contributed by atoms with E-state index in [0.717, 1.165) is 36.5 Å². The molecule has 2 aliphatic heterocycles. The minimum absolute atomic E-state index is 0. The molecule has 0 bridgehead atoms. The average Bonchev–Trinajstić information content (AvgIpc) is 2.91. The van der Waals surface area contributed by atoms with Gasteiger partial charge in [0.2, 0.25) is 0 Å². The number of halogens is 2. The highest BCUT2D eigenvalue weighted by Crippen LogP contribution is 2.34. The molecule has 6 heteroatoms. The molecule has 2 aliphatic rings. The van der Waals surface area contributed by atoms with Gasteiger partial charge in [-0.15, -0.1) is 12.4 Å². The molecule has 0 amide bonds. The van der Waals surface area contributed by atoms with Gasteiger partial charge >= 0.3 is 0 Å². The first-order valence-electron chi connectivity index (χ1n) is 6.41. The van der Waals surface area contributed by atoms with Crippen LogP contribution in [-0.4, -0.2) is 42.7 Å². The third kappa shape index (κ3) is 3.11. The number of hydrogen-bond acceptors (Lipinski definition) is 4. The van der Waals surface area contributed by atoms with E-state index in [-0.39, 0.29) is 18.4 Å². The van der Waals surface area contributed by atoms with E-state index in [2.05, 4.69) is 31.9 Å². The van der Waals surface area contributed by atoms with Gasteiger partial charge < -0.3 is 10.5 Å². The molecule has 0 spiro atoms. The molecule has 106 valence electrons. The summed E-state index contributed by atoms with van der Waals surface area (Å²) in [5.41, 5.74) is 7.02. The highest BCUT2D eigenvalue weighted by molar-refractivity contribution is 9.10. The molecule has 2 fully saturated rings. The quantitative estimate of drug-likeness (QED) is 0.905. The number of nitrogens with zero attached hydrogens (tertiary/aromatic N) is 2. The van der Waals surface area contributed by atoms with Crippen LogP contribution < -0.4 is 5.73 Å². The summed E-state index contributed by atoms with van der Waals surface area (Å²) in [6.45, 7) is 4.60. The zero-order valence-electron chi connectivity index (χ0n) is 10.7. The molecule has 0 saturated carbocycles. The summed E-state index contributed by atoms with van der Waals surface area (Å²) in [6, 6.07) is 4.25. The molecule has 1 aromatic heterocycles. The standard InChI is InChI=1S/C13H18BrN3O.ClH/c14-11-1-2-16-12(3-11)13(4-15)17-5-9-7-18-8-10(9)6-17;/h1-3,9-10,13H,4-8,15H2;1H/t9-,10+,13?;. The summed E-state index contributed by atoms with van der Waals surface area (Å²) in [6.07, 6.45) is 1.84. The number of aromatic nitrogens is 1. The minimum atomic E-state index is 0. The Labute approximate surface area is 128 Å². The molecular formula is C13H19BrClN3O. The van der Waals surface area contributed by atoms with Crippen molar-refractivity contribution < 1.29 is 4.74 Å². The van der Waals surface area contributed by atoms with Crippen molar-refractivity contribution in [2.75, 3.05) is 32.8 Å². The van der Waals surface area contributed by atoms with Crippen LogP contribution >= 0.6 is 28.3 Å². The Morgan fingerprint density at radius 1 is 1.42 bits per heavy atom. The van der Waals surface area contributed by atoms with Crippen molar-refractivity contribution in [2.24, 2.45) is 17.6 Å². The fraction of sp³-hybridized carbons (Fsp3) is 0.615. The van der Waals surface area contributed by atoms with Crippen LogP contribution in [0.2, 0.25) is 0 Å². The molecule has 3 rings (SSSR count). The van der Waals surface area contributed by atoms with Gasteiger partial charge in [0.15, 0.2) is 0 Å². The molecular weight excluding hydrogens is 330 g/mol. The van der Waals surface area contributed by atoms with E-state index < -0.39 is 0 Å². The van der Waals surface area contributed by atoms with Gasteiger partial charge in [0, 0.05) is 42.1 Å². The SMILES string of the molecule is Cl.NCC(c1cc(Br)ccn1)N1C[C@H]2COC[C@H]2C1. The number of fused-ring (bicyclic) bond motifs is 1. The van der Waals surface area contributed by atoms with Gasteiger partial charge in [-0.2, -0.15) is 0 Å². The van der Waals surface area contributed by atoms with E-state index >= 15 is 0 Å². The minimum Gasteiger partial charge on any atom is -0.381 e. The van der Waals surface area contributed by atoms with Gasteiger partial charge in [0.05, 0.1) is 24.9 Å². The fourth-order valence-electron chi connectivity index (χ4n) is 3.04. The van der Waals surface area contributed by atoms with Crippen LogP contribution in [0.25, 0.3) is 0 Å². The maximum absolute atomic E-state index is 5.96. The van der Waals surface area contributed by atoms with Crippen LogP contribution in [0.1, 0.15) is 11.7 Å². The molecule has 4 nitrogen and oxygen atoms in total. The molecule has 0 aromatic carbocycles. The molecule has 1 unspecified atom stereocenters. The van der Waals surface area contributed by atoms with Gasteiger partial charge in [-0.25, -0.2) is 0 Å². The number of pyridine rings is 1. The Bertz CT molecular complexity index is 422. The van der Waals surface area contributed by atoms with E-state index in [1.807, 2.05) is 12.3 Å². The van der Waals surface area contributed by atoms with Crippen LogP contribution in [0.4, 0.5) is 0 Å². The van der Waals surface area contributed by atoms with E-state index in [0.29, 0.717) is 18.4 Å². The van der Waals surface area contributed by atoms with Gasteiger partial charge in [0.1, 0.15) is 0 Å². The number of nitrogens with two attached hydrogens (primary N) is 1. The van der Waals surface area contributed by atoms with Gasteiger partial charge in [-0.05, 0) is 12.1 Å². The van der Waals surface area contributed by atoms with Crippen LogP contribution in [-0.2, 0) is 4.74 Å². The maximum atomic E-state index is 5.96. The Kier molecular flexibility index (Phi) is 5.20. The third-order valence-corrected chi connectivity index (χ3v) is 4.51. The van der Waals surface area contributed by atoms with Crippen molar-refractivity contribution >= 4 is 28.3 Å². The molecule has 0 aliphatic carbocycles. The third-order valence-electron chi connectivity index (χ3n) is 4.02. The Hall–Kier alpha value is -0.200. The topological polar surface area (TPSA) is 51.4 Å². The first kappa shape index (κ1) is 15.2. The summed E-state index contributed by atoms with van der Waals surface area (Å²) in [5, 5.41) is 0. The zero-order chi connectivity index (χ0) is 12.5. The second-order valence-electron chi connectivity index (χ2n) is 5.16. The van der Waals surface area contributed by atoms with Crippen molar-refractivity contribution in [1.82, 2.24) is 9.88 Å². The number of rotatable bonds is 3. The van der Waals surface area contributed by atoms with Gasteiger partial charge in [0.25, 0.3) is 0 Å². The van der Waals surface area contributed by atoms with Crippen molar-refractivity contribution in [3.05, 3.63) is 28.5 Å². The molecule has 3 atom stereocenters. The summed E-state index contributed by atoms with van der Waals surface area (Å²) in [5.74, 6) is 1.37. The van der Waals surface area contributed by atoms with Gasteiger partial charge in [-0.3, -0.25) is 9.88 Å². The van der Waals surface area contributed by atoms with E-state index in [9.17, 15) is 0 Å². The van der Waals surface area contributed by atoms with Crippen LogP contribution in [0.5, 0.6) is 0 Å². The monoisotopic (exact) mass is 347 g/mol. The second-order valence-corrected chi connectivity index (χ2v) is 6.08. The molecule has 3 heterocycles. The van der Waals surface area contributed by atoms with Crippen molar-refractivity contribution in [1.29, 1.82) is 0 Å². The lowest BCUT2D eigenvalue weighted by molar-refractivity contribution is 0.139. The molecule has 0 radical (unpaired) electrons. The maximum Gasteiger partial charge on any atom is 0.0645 e. The van der Waals surface area contributed by atoms with Crippen molar-refractivity contribution in [3.8, 4) is 0 Å². The second kappa shape index (κ2) is 6.50. The Balaban J connectivity index is 0.00000133. The first-order valence-corrected chi connectivity index (χ1v) is 7.20. The highest BCUT2D eigenvalue weighted by Gasteiger charge is 2.39. The number of likely N-dealkylation sites (tertiary alicyclic amines) is 1.